The van der Waals surface area contributed by atoms with Crippen LogP contribution < -0.4 is 24.8 Å². The van der Waals surface area contributed by atoms with Gasteiger partial charge in [-0.15, -0.1) is 0 Å². The van der Waals surface area contributed by atoms with Crippen molar-refractivity contribution in [1.29, 1.82) is 0 Å². The number of hydrogen-bond donors (Lipinski definition) is 2. The second-order valence-corrected chi connectivity index (χ2v) is 6.87. The van der Waals surface area contributed by atoms with Crippen LogP contribution in [-0.2, 0) is 4.79 Å². The molecule has 31 heavy (non-hydrogen) atoms. The third kappa shape index (κ3) is 3.65. The number of methoxy groups -OCH3 is 3. The van der Waals surface area contributed by atoms with E-state index in [0.29, 0.717) is 40.2 Å². The van der Waals surface area contributed by atoms with Crippen LogP contribution in [0.25, 0.3) is 0 Å². The summed E-state index contributed by atoms with van der Waals surface area (Å²) in [4.78, 5) is 17.6. The Morgan fingerprint density at radius 2 is 1.74 bits per heavy atom. The molecular weight excluding hydrogens is 398 g/mol. The fraction of sp³-hybridized carbons (Fsp3) is 0.227. The molecule has 9 nitrogen and oxygen atoms in total. The fourth-order valence-corrected chi connectivity index (χ4v) is 3.67. The molecule has 2 heterocycles. The van der Waals surface area contributed by atoms with E-state index in [1.54, 1.807) is 26.0 Å². The van der Waals surface area contributed by atoms with Crippen LogP contribution in [0.5, 0.6) is 17.2 Å². The molecular formula is C22H23N5O4. The van der Waals surface area contributed by atoms with E-state index in [4.69, 9.17) is 14.2 Å². The number of benzene rings is 2. The van der Waals surface area contributed by atoms with Gasteiger partial charge in [-0.25, -0.2) is 4.68 Å². The number of amides is 1. The number of anilines is 2. The van der Waals surface area contributed by atoms with Crippen molar-refractivity contribution < 1.29 is 19.0 Å². The summed E-state index contributed by atoms with van der Waals surface area (Å²) in [6.07, 6.45) is 1.44. The molecule has 0 saturated carbocycles. The molecule has 2 aromatic carbocycles. The standard InChI is InChI=1S/C22H23N5O4/c1-13-18(21(28)26-15-8-6-5-7-9-15)19(27-22(25-13)23-12-24-27)14-10-16(29-2)20(31-4)17(11-14)30-3/h5-12,19H,1-4H3,(H,26,28)(H,23,24,25)/t19-/m0/s1. The lowest BCUT2D eigenvalue weighted by molar-refractivity contribution is -0.113. The Balaban J connectivity index is 1.84. The summed E-state index contributed by atoms with van der Waals surface area (Å²) in [5, 5.41) is 10.5. The van der Waals surface area contributed by atoms with E-state index >= 15 is 0 Å². The van der Waals surface area contributed by atoms with Crippen molar-refractivity contribution >= 4 is 17.5 Å². The predicted octanol–water partition coefficient (Wildman–Crippen LogP) is 3.23. The number of rotatable bonds is 6. The first-order valence-corrected chi connectivity index (χ1v) is 9.61. The molecule has 0 spiro atoms. The van der Waals surface area contributed by atoms with Crippen molar-refractivity contribution in [1.82, 2.24) is 14.8 Å². The van der Waals surface area contributed by atoms with Crippen LogP contribution in [0.1, 0.15) is 18.5 Å². The molecule has 0 bridgehead atoms. The number of allylic oxidation sites excluding steroid dienone is 1. The highest BCUT2D eigenvalue weighted by molar-refractivity contribution is 6.06. The second kappa shape index (κ2) is 8.39. The Hall–Kier alpha value is -4.01. The molecule has 1 aliphatic rings. The van der Waals surface area contributed by atoms with Gasteiger partial charge in [0.25, 0.3) is 5.91 Å². The number of fused-ring (bicyclic) bond motifs is 1. The lowest BCUT2D eigenvalue weighted by Gasteiger charge is -2.29. The largest absolute Gasteiger partial charge is 0.493 e. The van der Waals surface area contributed by atoms with Crippen molar-refractivity contribution in [2.75, 3.05) is 32.0 Å². The number of ether oxygens (including phenoxy) is 3. The summed E-state index contributed by atoms with van der Waals surface area (Å²) in [5.41, 5.74) is 2.60. The average Bonchev–Trinajstić information content (AvgIpc) is 3.25. The average molecular weight is 421 g/mol. The van der Waals surface area contributed by atoms with E-state index in [1.807, 2.05) is 49.4 Å². The molecule has 1 amide bonds. The lowest BCUT2D eigenvalue weighted by Crippen LogP contribution is -2.31. The van der Waals surface area contributed by atoms with Crippen molar-refractivity contribution in [2.24, 2.45) is 0 Å². The molecule has 0 radical (unpaired) electrons. The maximum absolute atomic E-state index is 13.4. The topological polar surface area (TPSA) is 99.5 Å². The van der Waals surface area contributed by atoms with Crippen LogP contribution in [0, 0.1) is 0 Å². The van der Waals surface area contributed by atoms with Crippen molar-refractivity contribution in [3.05, 3.63) is 65.6 Å². The first-order chi connectivity index (χ1) is 15.1. The number of aromatic nitrogens is 3. The molecule has 0 aliphatic carbocycles. The van der Waals surface area contributed by atoms with Crippen LogP contribution in [0.2, 0.25) is 0 Å². The number of carbonyl (C=O) groups excluding carboxylic acids is 1. The normalized spacial score (nSPS) is 15.0. The quantitative estimate of drug-likeness (QED) is 0.630. The zero-order chi connectivity index (χ0) is 22.0. The number of hydrogen-bond acceptors (Lipinski definition) is 7. The third-order valence-corrected chi connectivity index (χ3v) is 5.07. The van der Waals surface area contributed by atoms with E-state index in [2.05, 4.69) is 20.7 Å². The van der Waals surface area contributed by atoms with Crippen molar-refractivity contribution in [3.8, 4) is 17.2 Å². The molecule has 0 saturated heterocycles. The summed E-state index contributed by atoms with van der Waals surface area (Å²) in [7, 11) is 4.64. The summed E-state index contributed by atoms with van der Waals surface area (Å²) in [6.45, 7) is 1.84. The fourth-order valence-electron chi connectivity index (χ4n) is 3.67. The highest BCUT2D eigenvalue weighted by atomic mass is 16.5. The summed E-state index contributed by atoms with van der Waals surface area (Å²) < 4.78 is 18.1. The first kappa shape index (κ1) is 20.3. The number of carbonyl (C=O) groups is 1. The number of nitrogens with zero attached hydrogens (tertiary/aromatic N) is 3. The van der Waals surface area contributed by atoms with Crippen molar-refractivity contribution in [2.45, 2.75) is 13.0 Å². The van der Waals surface area contributed by atoms with Crippen LogP contribution >= 0.6 is 0 Å². The summed E-state index contributed by atoms with van der Waals surface area (Å²) in [5.74, 6) is 1.72. The van der Waals surface area contributed by atoms with Crippen LogP contribution in [0.15, 0.2) is 60.1 Å². The Labute approximate surface area is 179 Å². The smallest absolute Gasteiger partial charge is 0.255 e. The van der Waals surface area contributed by atoms with Crippen LogP contribution in [0.4, 0.5) is 11.6 Å². The van der Waals surface area contributed by atoms with Gasteiger partial charge in [-0.2, -0.15) is 10.1 Å². The number of para-hydroxylation sites is 1. The highest BCUT2D eigenvalue weighted by Gasteiger charge is 2.34. The SMILES string of the molecule is COc1cc([C@H]2C(C(=O)Nc3ccccc3)=C(C)Nc3ncnn32)cc(OC)c1OC. The Morgan fingerprint density at radius 3 is 2.35 bits per heavy atom. The molecule has 0 unspecified atom stereocenters. The van der Waals surface area contributed by atoms with E-state index < -0.39 is 6.04 Å². The minimum absolute atomic E-state index is 0.254. The summed E-state index contributed by atoms with van der Waals surface area (Å²) in [6, 6.07) is 12.3. The molecule has 1 atom stereocenters. The van der Waals surface area contributed by atoms with Gasteiger partial charge in [-0.1, -0.05) is 18.2 Å². The number of nitrogens with one attached hydrogen (secondary N) is 2. The predicted molar refractivity (Wildman–Crippen MR) is 116 cm³/mol. The van der Waals surface area contributed by atoms with Gasteiger partial charge in [-0.3, -0.25) is 4.79 Å². The molecule has 160 valence electrons. The maximum atomic E-state index is 13.4. The molecule has 0 fully saturated rings. The highest BCUT2D eigenvalue weighted by Crippen LogP contribution is 2.43. The molecule has 3 aromatic rings. The van der Waals surface area contributed by atoms with Gasteiger partial charge in [-0.05, 0) is 36.8 Å². The van der Waals surface area contributed by atoms with Gasteiger partial charge in [0.15, 0.2) is 11.5 Å². The Bertz CT molecular complexity index is 1110. The minimum Gasteiger partial charge on any atom is -0.493 e. The maximum Gasteiger partial charge on any atom is 0.255 e. The second-order valence-electron chi connectivity index (χ2n) is 6.87. The van der Waals surface area contributed by atoms with Crippen LogP contribution in [0.3, 0.4) is 0 Å². The van der Waals surface area contributed by atoms with E-state index in [1.165, 1.54) is 6.33 Å². The van der Waals surface area contributed by atoms with Gasteiger partial charge in [0.2, 0.25) is 11.7 Å². The van der Waals surface area contributed by atoms with Gasteiger partial charge in [0.05, 0.1) is 26.9 Å². The van der Waals surface area contributed by atoms with E-state index in [-0.39, 0.29) is 5.91 Å². The Morgan fingerprint density at radius 1 is 1.06 bits per heavy atom. The zero-order valence-corrected chi connectivity index (χ0v) is 17.7. The molecule has 2 N–H and O–H groups in total. The molecule has 1 aromatic heterocycles. The van der Waals surface area contributed by atoms with Gasteiger partial charge >= 0.3 is 0 Å². The van der Waals surface area contributed by atoms with Gasteiger partial charge in [0, 0.05) is 11.4 Å². The van der Waals surface area contributed by atoms with Gasteiger partial charge < -0.3 is 24.8 Å². The lowest BCUT2D eigenvalue weighted by atomic mass is 9.94. The van der Waals surface area contributed by atoms with E-state index in [9.17, 15) is 4.79 Å². The molecule has 9 heteroatoms. The van der Waals surface area contributed by atoms with Crippen molar-refractivity contribution in [3.63, 3.8) is 0 Å². The monoisotopic (exact) mass is 421 g/mol. The molecule has 4 rings (SSSR count). The summed E-state index contributed by atoms with van der Waals surface area (Å²) >= 11 is 0. The minimum atomic E-state index is -0.559. The van der Waals surface area contributed by atoms with Crippen LogP contribution in [-0.4, -0.2) is 42.0 Å². The third-order valence-electron chi connectivity index (χ3n) is 5.07. The van der Waals surface area contributed by atoms with Gasteiger partial charge in [0.1, 0.15) is 12.4 Å². The molecule has 1 aliphatic heterocycles. The first-order valence-electron chi connectivity index (χ1n) is 9.61. The Kier molecular flexibility index (Phi) is 5.48. The van der Waals surface area contributed by atoms with E-state index in [0.717, 1.165) is 5.56 Å². The zero-order valence-electron chi connectivity index (χ0n) is 17.7.